The van der Waals surface area contributed by atoms with Crippen LogP contribution in [0.3, 0.4) is 0 Å². The Balaban J connectivity index is 1.94. The lowest BCUT2D eigenvalue weighted by molar-refractivity contribution is 0.188. The van der Waals surface area contributed by atoms with Gasteiger partial charge >= 0.3 is 6.09 Å². The predicted octanol–water partition coefficient (Wildman–Crippen LogP) is 3.21. The number of hydrogen-bond donors (Lipinski definition) is 4. The summed E-state index contributed by atoms with van der Waals surface area (Å²) in [5.74, 6) is -0.768. The van der Waals surface area contributed by atoms with E-state index in [0.717, 1.165) is 6.07 Å². The van der Waals surface area contributed by atoms with E-state index in [4.69, 9.17) is 5.11 Å². The summed E-state index contributed by atoms with van der Waals surface area (Å²) in [5, 5.41) is 35.1. The molecule has 172 valence electrons. The van der Waals surface area contributed by atoms with E-state index >= 15 is 0 Å². The number of aromatic nitrogens is 5. The van der Waals surface area contributed by atoms with Crippen molar-refractivity contribution in [1.82, 2.24) is 30.3 Å². The maximum absolute atomic E-state index is 14.7. The molecule has 1 amide bonds. The van der Waals surface area contributed by atoms with Crippen molar-refractivity contribution in [2.24, 2.45) is 5.92 Å². The van der Waals surface area contributed by atoms with Crippen LogP contribution in [0.25, 0.3) is 5.69 Å². The molecule has 0 aromatic carbocycles. The molecule has 0 unspecified atom stereocenters. The van der Waals surface area contributed by atoms with Gasteiger partial charge in [-0.25, -0.2) is 14.2 Å². The van der Waals surface area contributed by atoms with Crippen molar-refractivity contribution in [2.75, 3.05) is 10.6 Å². The van der Waals surface area contributed by atoms with Crippen molar-refractivity contribution >= 4 is 23.4 Å². The van der Waals surface area contributed by atoms with Gasteiger partial charge in [0.2, 0.25) is 0 Å². The summed E-state index contributed by atoms with van der Waals surface area (Å²) in [6, 6.07) is 3.75. The lowest BCUT2D eigenvalue weighted by Crippen LogP contribution is -2.47. The molecule has 12 heteroatoms. The van der Waals surface area contributed by atoms with Gasteiger partial charge in [0.1, 0.15) is 11.8 Å². The van der Waals surface area contributed by atoms with E-state index in [9.17, 15) is 14.4 Å². The molecule has 33 heavy (non-hydrogen) atoms. The normalized spacial score (nSPS) is 12.6. The molecule has 0 aliphatic carbocycles. The molecule has 4 N–H and O–H groups in total. The summed E-state index contributed by atoms with van der Waals surface area (Å²) in [7, 11) is 0. The van der Waals surface area contributed by atoms with Gasteiger partial charge in [-0.3, -0.25) is 4.98 Å². The number of nitrogens with one attached hydrogen (secondary N) is 3. The minimum absolute atomic E-state index is 0.00445. The second-order valence-corrected chi connectivity index (χ2v) is 7.75. The first-order chi connectivity index (χ1) is 15.7. The summed E-state index contributed by atoms with van der Waals surface area (Å²) < 4.78 is 14.7. The molecule has 3 heterocycles. The van der Waals surface area contributed by atoms with Crippen molar-refractivity contribution < 1.29 is 14.3 Å². The number of nitrogens with zero attached hydrogens (tertiary/aromatic N) is 6. The maximum atomic E-state index is 14.7. The Morgan fingerprint density at radius 1 is 1.21 bits per heavy atom. The van der Waals surface area contributed by atoms with Crippen molar-refractivity contribution in [3.05, 3.63) is 47.8 Å². The fraction of sp³-hybridized carbons (Fsp3) is 0.333. The average molecular weight is 453 g/mol. The number of pyridine rings is 2. The van der Waals surface area contributed by atoms with E-state index in [-0.39, 0.29) is 23.1 Å². The monoisotopic (exact) mass is 453 g/mol. The maximum Gasteiger partial charge on any atom is 0.404 e. The topological polar surface area (TPSA) is 154 Å². The van der Waals surface area contributed by atoms with Crippen LogP contribution < -0.4 is 16.0 Å². The quantitative estimate of drug-likeness (QED) is 0.402. The summed E-state index contributed by atoms with van der Waals surface area (Å²) >= 11 is 0. The number of rotatable bonds is 8. The average Bonchev–Trinajstić information content (AvgIpc) is 3.28. The SMILES string of the molecule is Cc1ncc(Nc2nc(N[C@@H](C(C)C)[C@H](C)NC(=O)O)c(F)cc2C#N)cc1-n1nccn1. The van der Waals surface area contributed by atoms with Crippen LogP contribution in [0.1, 0.15) is 32.0 Å². The zero-order valence-electron chi connectivity index (χ0n) is 18.5. The highest BCUT2D eigenvalue weighted by atomic mass is 19.1. The van der Waals surface area contributed by atoms with Crippen LogP contribution >= 0.6 is 0 Å². The third kappa shape index (κ3) is 5.51. The van der Waals surface area contributed by atoms with Crippen LogP contribution in [-0.2, 0) is 0 Å². The Kier molecular flexibility index (Phi) is 7.02. The van der Waals surface area contributed by atoms with Gasteiger partial charge in [-0.05, 0) is 31.9 Å². The first kappa shape index (κ1) is 23.4. The number of anilines is 3. The smallest absolute Gasteiger partial charge is 0.404 e. The Morgan fingerprint density at radius 2 is 1.91 bits per heavy atom. The Morgan fingerprint density at radius 3 is 2.52 bits per heavy atom. The lowest BCUT2D eigenvalue weighted by Gasteiger charge is -2.29. The van der Waals surface area contributed by atoms with Gasteiger partial charge in [-0.2, -0.15) is 15.5 Å². The molecule has 3 rings (SSSR count). The molecule has 0 spiro atoms. The minimum Gasteiger partial charge on any atom is -0.465 e. The van der Waals surface area contributed by atoms with Gasteiger partial charge < -0.3 is 21.1 Å². The van der Waals surface area contributed by atoms with Gasteiger partial charge in [0.15, 0.2) is 17.5 Å². The largest absolute Gasteiger partial charge is 0.465 e. The molecule has 0 aliphatic heterocycles. The molecule has 0 fully saturated rings. The number of nitriles is 1. The molecule has 0 radical (unpaired) electrons. The van der Waals surface area contributed by atoms with E-state index in [1.807, 2.05) is 19.9 Å². The Labute approximate surface area is 189 Å². The van der Waals surface area contributed by atoms with E-state index in [0.29, 0.717) is 17.1 Å². The van der Waals surface area contributed by atoms with Crippen LogP contribution in [0, 0.1) is 30.0 Å². The highest BCUT2D eigenvalue weighted by Gasteiger charge is 2.25. The van der Waals surface area contributed by atoms with Gasteiger partial charge in [-0.15, -0.1) is 4.80 Å². The molecule has 11 nitrogen and oxygen atoms in total. The van der Waals surface area contributed by atoms with Gasteiger partial charge in [-0.1, -0.05) is 13.8 Å². The second-order valence-electron chi connectivity index (χ2n) is 7.75. The summed E-state index contributed by atoms with van der Waals surface area (Å²) in [4.78, 5) is 21.1. The van der Waals surface area contributed by atoms with Crippen LogP contribution in [0.15, 0.2) is 30.7 Å². The minimum atomic E-state index is -1.18. The molecular weight excluding hydrogens is 429 g/mol. The highest BCUT2D eigenvalue weighted by Crippen LogP contribution is 2.26. The molecule has 0 bridgehead atoms. The third-order valence-electron chi connectivity index (χ3n) is 4.97. The molecule has 2 atom stereocenters. The van der Waals surface area contributed by atoms with Gasteiger partial charge in [0.25, 0.3) is 0 Å². The lowest BCUT2D eigenvalue weighted by atomic mass is 9.97. The molecule has 0 saturated heterocycles. The number of carbonyl (C=O) groups is 1. The number of amides is 1. The van der Waals surface area contributed by atoms with E-state index in [1.165, 1.54) is 17.2 Å². The summed E-state index contributed by atoms with van der Waals surface area (Å²) in [6.07, 6.45) is 3.45. The summed E-state index contributed by atoms with van der Waals surface area (Å²) in [5.41, 5.74) is 1.80. The number of aryl methyl sites for hydroxylation is 1. The van der Waals surface area contributed by atoms with Crippen molar-refractivity contribution in [1.29, 1.82) is 5.26 Å². The van der Waals surface area contributed by atoms with Crippen LogP contribution in [0.5, 0.6) is 0 Å². The van der Waals surface area contributed by atoms with E-state index < -0.39 is 24.0 Å². The third-order valence-corrected chi connectivity index (χ3v) is 4.97. The zero-order valence-corrected chi connectivity index (χ0v) is 18.5. The van der Waals surface area contributed by atoms with Crippen LogP contribution in [0.4, 0.5) is 26.5 Å². The van der Waals surface area contributed by atoms with Crippen molar-refractivity contribution in [3.8, 4) is 11.8 Å². The first-order valence-corrected chi connectivity index (χ1v) is 10.2. The zero-order chi connectivity index (χ0) is 24.1. The van der Waals surface area contributed by atoms with Crippen molar-refractivity contribution in [3.63, 3.8) is 0 Å². The summed E-state index contributed by atoms with van der Waals surface area (Å²) in [6.45, 7) is 7.23. The first-order valence-electron chi connectivity index (χ1n) is 10.2. The predicted molar refractivity (Wildman–Crippen MR) is 119 cm³/mol. The molecule has 0 saturated carbocycles. The van der Waals surface area contributed by atoms with Gasteiger partial charge in [0, 0.05) is 12.1 Å². The van der Waals surface area contributed by atoms with Crippen LogP contribution in [0.2, 0.25) is 0 Å². The fourth-order valence-corrected chi connectivity index (χ4v) is 3.35. The van der Waals surface area contributed by atoms with Crippen molar-refractivity contribution in [2.45, 2.75) is 39.8 Å². The Hall–Kier alpha value is -4.27. The Bertz CT molecular complexity index is 1180. The second kappa shape index (κ2) is 9.90. The number of hydrogen-bond acceptors (Lipinski definition) is 8. The fourth-order valence-electron chi connectivity index (χ4n) is 3.35. The molecule has 3 aromatic rings. The molecule has 3 aromatic heterocycles. The van der Waals surface area contributed by atoms with Gasteiger partial charge in [0.05, 0.1) is 35.5 Å². The number of halogens is 1. The number of carboxylic acid groups (broad SMARTS) is 1. The van der Waals surface area contributed by atoms with E-state index in [1.54, 1.807) is 26.1 Å². The standard InChI is InChI=1S/C21H24FN9O2/c1-11(2)18(13(4)27-21(32)33)29-20-16(22)7-14(9-23)19(30-20)28-15-8-17(12(3)24-10-15)31-25-5-6-26-31/h5-8,10-11,13,18,27H,1-4H3,(H,32,33)(H2,28,29,30)/t13-,18-/m0/s1. The molecule has 0 aliphatic rings. The van der Waals surface area contributed by atoms with Crippen LogP contribution in [-0.4, -0.2) is 48.2 Å². The molecular formula is C21H24FN9O2. The highest BCUT2D eigenvalue weighted by molar-refractivity contribution is 5.67. The van der Waals surface area contributed by atoms with E-state index in [2.05, 4.69) is 36.1 Å².